The van der Waals surface area contributed by atoms with Crippen LogP contribution in [0.2, 0.25) is 0 Å². The topological polar surface area (TPSA) is 51.0 Å². The molecule has 0 aromatic carbocycles. The molecular formula is C8H15N3O. The SMILES string of the molecule is CNC(C)C(C)c1nc(C)no1. The second-order valence-corrected chi connectivity index (χ2v) is 3.05. The van der Waals surface area contributed by atoms with E-state index in [1.807, 2.05) is 14.0 Å². The Hall–Kier alpha value is -0.900. The molecule has 4 heteroatoms. The van der Waals surface area contributed by atoms with Gasteiger partial charge in [0.2, 0.25) is 5.89 Å². The van der Waals surface area contributed by atoms with E-state index in [1.54, 1.807) is 0 Å². The smallest absolute Gasteiger partial charge is 0.231 e. The van der Waals surface area contributed by atoms with Gasteiger partial charge in [-0.2, -0.15) is 4.98 Å². The summed E-state index contributed by atoms with van der Waals surface area (Å²) in [7, 11) is 1.92. The first kappa shape index (κ1) is 9.19. The van der Waals surface area contributed by atoms with E-state index in [4.69, 9.17) is 4.52 Å². The molecule has 0 saturated carbocycles. The molecule has 0 bridgehead atoms. The first-order valence-corrected chi connectivity index (χ1v) is 4.12. The molecule has 12 heavy (non-hydrogen) atoms. The molecule has 0 aliphatic heterocycles. The normalized spacial score (nSPS) is 16.0. The van der Waals surface area contributed by atoms with Crippen molar-refractivity contribution < 1.29 is 4.52 Å². The summed E-state index contributed by atoms with van der Waals surface area (Å²) in [6.45, 7) is 5.97. The van der Waals surface area contributed by atoms with Crippen molar-refractivity contribution in [1.29, 1.82) is 0 Å². The maximum absolute atomic E-state index is 5.05. The maximum Gasteiger partial charge on any atom is 0.231 e. The van der Waals surface area contributed by atoms with Gasteiger partial charge in [0.05, 0.1) is 5.92 Å². The molecule has 0 fully saturated rings. The van der Waals surface area contributed by atoms with Gasteiger partial charge in [0.15, 0.2) is 5.82 Å². The van der Waals surface area contributed by atoms with Gasteiger partial charge in [0.1, 0.15) is 0 Å². The standard InChI is InChI=1S/C8H15N3O/c1-5(6(2)9-4)8-10-7(3)11-12-8/h5-6,9H,1-4H3. The average Bonchev–Trinajstić information content (AvgIpc) is 2.49. The molecule has 2 unspecified atom stereocenters. The van der Waals surface area contributed by atoms with Crippen LogP contribution in [0.4, 0.5) is 0 Å². The molecule has 0 radical (unpaired) electrons. The quantitative estimate of drug-likeness (QED) is 0.735. The molecule has 0 aliphatic carbocycles. The molecule has 1 rings (SSSR count). The Labute approximate surface area is 72.4 Å². The van der Waals surface area contributed by atoms with E-state index in [2.05, 4.69) is 29.3 Å². The van der Waals surface area contributed by atoms with Crippen LogP contribution in [0.15, 0.2) is 4.52 Å². The van der Waals surface area contributed by atoms with E-state index in [0.29, 0.717) is 17.8 Å². The minimum absolute atomic E-state index is 0.260. The fraction of sp³-hybridized carbons (Fsp3) is 0.750. The van der Waals surface area contributed by atoms with Crippen molar-refractivity contribution in [3.63, 3.8) is 0 Å². The van der Waals surface area contributed by atoms with E-state index in [0.717, 1.165) is 0 Å². The van der Waals surface area contributed by atoms with Crippen molar-refractivity contribution in [3.05, 3.63) is 11.7 Å². The van der Waals surface area contributed by atoms with Gasteiger partial charge in [0, 0.05) is 6.04 Å². The van der Waals surface area contributed by atoms with Crippen LogP contribution >= 0.6 is 0 Å². The van der Waals surface area contributed by atoms with E-state index < -0.39 is 0 Å². The van der Waals surface area contributed by atoms with E-state index in [-0.39, 0.29) is 5.92 Å². The monoisotopic (exact) mass is 169 g/mol. The summed E-state index contributed by atoms with van der Waals surface area (Å²) < 4.78 is 5.05. The van der Waals surface area contributed by atoms with Crippen molar-refractivity contribution in [1.82, 2.24) is 15.5 Å². The lowest BCUT2D eigenvalue weighted by atomic mass is 10.0. The van der Waals surface area contributed by atoms with Gasteiger partial charge in [-0.05, 0) is 20.9 Å². The van der Waals surface area contributed by atoms with Gasteiger partial charge in [0.25, 0.3) is 0 Å². The summed E-state index contributed by atoms with van der Waals surface area (Å²) >= 11 is 0. The second kappa shape index (κ2) is 3.67. The third-order valence-electron chi connectivity index (χ3n) is 2.14. The molecule has 0 spiro atoms. The lowest BCUT2D eigenvalue weighted by molar-refractivity contribution is 0.334. The van der Waals surface area contributed by atoms with E-state index in [9.17, 15) is 0 Å². The number of nitrogens with zero attached hydrogens (tertiary/aromatic N) is 2. The fourth-order valence-corrected chi connectivity index (χ4v) is 0.962. The van der Waals surface area contributed by atoms with Gasteiger partial charge in [-0.3, -0.25) is 0 Å². The average molecular weight is 169 g/mol. The highest BCUT2D eigenvalue weighted by atomic mass is 16.5. The van der Waals surface area contributed by atoms with E-state index in [1.165, 1.54) is 0 Å². The zero-order chi connectivity index (χ0) is 9.14. The van der Waals surface area contributed by atoms with Gasteiger partial charge in [-0.15, -0.1) is 0 Å². The first-order chi connectivity index (χ1) is 5.65. The van der Waals surface area contributed by atoms with Crippen LogP contribution in [-0.2, 0) is 0 Å². The minimum atomic E-state index is 0.260. The number of aryl methyl sites for hydroxylation is 1. The van der Waals surface area contributed by atoms with Crippen molar-refractivity contribution >= 4 is 0 Å². The van der Waals surface area contributed by atoms with Gasteiger partial charge < -0.3 is 9.84 Å². The molecule has 1 N–H and O–H groups in total. The second-order valence-electron chi connectivity index (χ2n) is 3.05. The Morgan fingerprint density at radius 1 is 1.42 bits per heavy atom. The lowest BCUT2D eigenvalue weighted by Gasteiger charge is -2.14. The van der Waals surface area contributed by atoms with Crippen molar-refractivity contribution in [2.24, 2.45) is 0 Å². The predicted molar refractivity (Wildman–Crippen MR) is 46.0 cm³/mol. The summed E-state index contributed by atoms with van der Waals surface area (Å²) in [4.78, 5) is 4.16. The summed E-state index contributed by atoms with van der Waals surface area (Å²) in [5.41, 5.74) is 0. The summed E-state index contributed by atoms with van der Waals surface area (Å²) in [5, 5.41) is 6.89. The fourth-order valence-electron chi connectivity index (χ4n) is 0.962. The van der Waals surface area contributed by atoms with Crippen molar-refractivity contribution in [3.8, 4) is 0 Å². The highest BCUT2D eigenvalue weighted by Crippen LogP contribution is 2.16. The molecule has 1 heterocycles. The number of likely N-dealkylation sites (N-methyl/N-ethyl adjacent to an activating group) is 1. The Bertz CT molecular complexity index is 246. The Morgan fingerprint density at radius 2 is 2.08 bits per heavy atom. The summed E-state index contributed by atoms with van der Waals surface area (Å²) in [5.74, 6) is 1.66. The molecule has 4 nitrogen and oxygen atoms in total. The highest BCUT2D eigenvalue weighted by molar-refractivity contribution is 4.94. The largest absolute Gasteiger partial charge is 0.339 e. The Balaban J connectivity index is 2.70. The van der Waals surface area contributed by atoms with Crippen LogP contribution in [0.5, 0.6) is 0 Å². The summed E-state index contributed by atoms with van der Waals surface area (Å²) in [6, 6.07) is 0.352. The maximum atomic E-state index is 5.05. The molecule has 1 aromatic rings. The molecule has 1 aromatic heterocycles. The number of hydrogen-bond donors (Lipinski definition) is 1. The lowest BCUT2D eigenvalue weighted by Crippen LogP contribution is -2.27. The minimum Gasteiger partial charge on any atom is -0.339 e. The van der Waals surface area contributed by atoms with Crippen LogP contribution in [0.25, 0.3) is 0 Å². The van der Waals surface area contributed by atoms with Crippen LogP contribution in [0.1, 0.15) is 31.5 Å². The molecule has 68 valence electrons. The third-order valence-corrected chi connectivity index (χ3v) is 2.14. The summed E-state index contributed by atoms with van der Waals surface area (Å²) in [6.07, 6.45) is 0. The van der Waals surface area contributed by atoms with Gasteiger partial charge in [-0.1, -0.05) is 12.1 Å². The van der Waals surface area contributed by atoms with Crippen molar-refractivity contribution in [2.45, 2.75) is 32.7 Å². The predicted octanol–water partition coefficient (Wildman–Crippen LogP) is 1.09. The highest BCUT2D eigenvalue weighted by Gasteiger charge is 2.18. The number of nitrogens with one attached hydrogen (secondary N) is 1. The molecule has 0 aliphatic rings. The van der Waals surface area contributed by atoms with E-state index >= 15 is 0 Å². The Kier molecular flexibility index (Phi) is 2.81. The van der Waals surface area contributed by atoms with Crippen LogP contribution in [-0.4, -0.2) is 23.2 Å². The Morgan fingerprint density at radius 3 is 2.50 bits per heavy atom. The zero-order valence-electron chi connectivity index (χ0n) is 7.96. The van der Waals surface area contributed by atoms with Crippen LogP contribution in [0.3, 0.4) is 0 Å². The van der Waals surface area contributed by atoms with Gasteiger partial charge in [-0.25, -0.2) is 0 Å². The van der Waals surface area contributed by atoms with Gasteiger partial charge >= 0.3 is 0 Å². The van der Waals surface area contributed by atoms with Crippen LogP contribution < -0.4 is 5.32 Å². The molecule has 0 amide bonds. The molecule has 2 atom stereocenters. The van der Waals surface area contributed by atoms with Crippen LogP contribution in [0, 0.1) is 6.92 Å². The third kappa shape index (κ3) is 1.82. The number of aromatic nitrogens is 2. The van der Waals surface area contributed by atoms with Crippen molar-refractivity contribution in [2.75, 3.05) is 7.05 Å². The first-order valence-electron chi connectivity index (χ1n) is 4.12. The number of hydrogen-bond acceptors (Lipinski definition) is 4. The number of rotatable bonds is 3. The molecular weight excluding hydrogens is 154 g/mol. The zero-order valence-corrected chi connectivity index (χ0v) is 7.96. The molecule has 0 saturated heterocycles.